The third kappa shape index (κ3) is 5.89. The van der Waals surface area contributed by atoms with Gasteiger partial charge in [0.15, 0.2) is 5.75 Å². The molecule has 0 spiro atoms. The van der Waals surface area contributed by atoms with E-state index in [4.69, 9.17) is 27.9 Å². The molecular formula is C24H16BrCl2FN2O2. The number of rotatable bonds is 6. The number of aryl methyl sites for hydroxylation is 1. The molecule has 162 valence electrons. The predicted molar refractivity (Wildman–Crippen MR) is 128 cm³/mol. The van der Waals surface area contributed by atoms with Gasteiger partial charge in [0.1, 0.15) is 24.1 Å². The molecule has 0 unspecified atom stereocenters. The van der Waals surface area contributed by atoms with Crippen LogP contribution >= 0.6 is 39.1 Å². The Morgan fingerprint density at radius 1 is 1.19 bits per heavy atom. The molecule has 0 aromatic heterocycles. The van der Waals surface area contributed by atoms with Crippen molar-refractivity contribution in [2.24, 2.45) is 0 Å². The first-order chi connectivity index (χ1) is 15.3. The molecule has 0 fully saturated rings. The molecule has 0 aliphatic rings. The van der Waals surface area contributed by atoms with Crippen LogP contribution < -0.4 is 10.1 Å². The second-order valence-corrected chi connectivity index (χ2v) is 8.45. The zero-order valence-electron chi connectivity index (χ0n) is 16.8. The maximum Gasteiger partial charge on any atom is 0.266 e. The van der Waals surface area contributed by atoms with E-state index in [9.17, 15) is 14.4 Å². The SMILES string of the molecule is Cc1ccc(NC(=O)/C(C#N)=C\c2cc(Cl)c(OCc3ccccc3F)c(Br)c2)cc1Cl. The molecule has 32 heavy (non-hydrogen) atoms. The van der Waals surface area contributed by atoms with E-state index in [1.54, 1.807) is 48.5 Å². The van der Waals surface area contributed by atoms with Gasteiger partial charge in [-0.25, -0.2) is 4.39 Å². The highest BCUT2D eigenvalue weighted by molar-refractivity contribution is 9.10. The van der Waals surface area contributed by atoms with Crippen molar-refractivity contribution in [3.8, 4) is 11.8 Å². The van der Waals surface area contributed by atoms with Crippen LogP contribution in [0.15, 0.2) is 64.6 Å². The van der Waals surface area contributed by atoms with Gasteiger partial charge in [-0.2, -0.15) is 5.26 Å². The van der Waals surface area contributed by atoms with E-state index in [-0.39, 0.29) is 23.0 Å². The number of amides is 1. The Kier molecular flexibility index (Phi) is 7.92. The second-order valence-electron chi connectivity index (χ2n) is 6.78. The topological polar surface area (TPSA) is 62.1 Å². The average molecular weight is 534 g/mol. The lowest BCUT2D eigenvalue weighted by molar-refractivity contribution is -0.112. The maximum atomic E-state index is 13.8. The normalized spacial score (nSPS) is 11.1. The van der Waals surface area contributed by atoms with E-state index in [0.717, 1.165) is 5.56 Å². The van der Waals surface area contributed by atoms with E-state index in [2.05, 4.69) is 21.2 Å². The molecule has 1 amide bonds. The molecule has 0 aliphatic heterocycles. The van der Waals surface area contributed by atoms with Crippen LogP contribution in [0, 0.1) is 24.1 Å². The number of carbonyl (C=O) groups excluding carboxylic acids is 1. The fourth-order valence-electron chi connectivity index (χ4n) is 2.75. The van der Waals surface area contributed by atoms with Crippen molar-refractivity contribution in [1.82, 2.24) is 0 Å². The van der Waals surface area contributed by atoms with Gasteiger partial charge in [0.05, 0.1) is 9.50 Å². The van der Waals surface area contributed by atoms with Crippen molar-refractivity contribution < 1.29 is 13.9 Å². The largest absolute Gasteiger partial charge is 0.486 e. The number of carbonyl (C=O) groups is 1. The average Bonchev–Trinajstić information content (AvgIpc) is 2.75. The number of anilines is 1. The molecule has 0 radical (unpaired) electrons. The Hall–Kier alpha value is -2.85. The molecule has 3 aromatic carbocycles. The minimum Gasteiger partial charge on any atom is -0.486 e. The van der Waals surface area contributed by atoms with Crippen LogP contribution in [0.1, 0.15) is 16.7 Å². The lowest BCUT2D eigenvalue weighted by Crippen LogP contribution is -2.13. The zero-order valence-corrected chi connectivity index (χ0v) is 19.9. The minimum absolute atomic E-state index is 0.00879. The number of hydrogen-bond donors (Lipinski definition) is 1. The fraction of sp³-hybridized carbons (Fsp3) is 0.0833. The molecule has 8 heteroatoms. The van der Waals surface area contributed by atoms with E-state index in [1.807, 2.05) is 13.0 Å². The summed E-state index contributed by atoms with van der Waals surface area (Å²) < 4.78 is 20.0. The smallest absolute Gasteiger partial charge is 0.266 e. The first kappa shape index (κ1) is 23.8. The van der Waals surface area contributed by atoms with E-state index in [0.29, 0.717) is 32.1 Å². The second kappa shape index (κ2) is 10.6. The van der Waals surface area contributed by atoms with Crippen LogP contribution in [0.3, 0.4) is 0 Å². The van der Waals surface area contributed by atoms with Crippen LogP contribution in [0.25, 0.3) is 6.08 Å². The van der Waals surface area contributed by atoms with Gasteiger partial charge in [-0.05, 0) is 70.4 Å². The lowest BCUT2D eigenvalue weighted by atomic mass is 10.1. The molecule has 1 N–H and O–H groups in total. The molecule has 3 aromatic rings. The summed E-state index contributed by atoms with van der Waals surface area (Å²) in [7, 11) is 0. The van der Waals surface area contributed by atoms with Crippen LogP contribution in [0.4, 0.5) is 10.1 Å². The van der Waals surface area contributed by atoms with Gasteiger partial charge in [-0.15, -0.1) is 0 Å². The van der Waals surface area contributed by atoms with E-state index in [1.165, 1.54) is 12.1 Å². The molecule has 0 heterocycles. The molecule has 0 saturated carbocycles. The summed E-state index contributed by atoms with van der Waals surface area (Å²) in [6, 6.07) is 16.4. The van der Waals surface area contributed by atoms with Crippen molar-refractivity contribution in [2.45, 2.75) is 13.5 Å². The lowest BCUT2D eigenvalue weighted by Gasteiger charge is -2.12. The predicted octanol–water partition coefficient (Wildman–Crippen LogP) is 7.33. The number of ether oxygens (including phenoxy) is 1. The highest BCUT2D eigenvalue weighted by Gasteiger charge is 2.14. The molecule has 0 bridgehead atoms. The molecule has 0 saturated heterocycles. The maximum absolute atomic E-state index is 13.8. The Morgan fingerprint density at radius 3 is 2.59 bits per heavy atom. The summed E-state index contributed by atoms with van der Waals surface area (Å²) in [6.45, 7) is 1.84. The number of nitriles is 1. The summed E-state index contributed by atoms with van der Waals surface area (Å²) in [4.78, 5) is 12.5. The number of halogens is 4. The van der Waals surface area contributed by atoms with Crippen LogP contribution in [-0.4, -0.2) is 5.91 Å². The summed E-state index contributed by atoms with van der Waals surface area (Å²) in [5.41, 5.74) is 2.12. The number of nitrogens with one attached hydrogen (secondary N) is 1. The molecule has 3 rings (SSSR count). The molecule has 4 nitrogen and oxygen atoms in total. The fourth-order valence-corrected chi connectivity index (χ4v) is 3.92. The third-order valence-corrected chi connectivity index (χ3v) is 5.73. The molecular weight excluding hydrogens is 518 g/mol. The number of nitrogens with zero attached hydrogens (tertiary/aromatic N) is 1. The van der Waals surface area contributed by atoms with Gasteiger partial charge in [-0.3, -0.25) is 4.79 Å². The highest BCUT2D eigenvalue weighted by Crippen LogP contribution is 2.36. The van der Waals surface area contributed by atoms with Crippen molar-refractivity contribution >= 4 is 56.8 Å². The molecule has 0 aliphatic carbocycles. The van der Waals surface area contributed by atoms with Gasteiger partial charge in [0.2, 0.25) is 0 Å². The van der Waals surface area contributed by atoms with Crippen LogP contribution in [0.2, 0.25) is 10.0 Å². The standard InChI is InChI=1S/C24H16BrCl2FN2O2/c1-14-6-7-18(11-20(14)26)30-24(31)17(12-29)8-15-9-19(25)23(21(27)10-15)32-13-16-4-2-3-5-22(16)28/h2-11H,13H2,1H3,(H,30,31)/b17-8-. The van der Waals surface area contributed by atoms with Gasteiger partial charge < -0.3 is 10.1 Å². The summed E-state index contributed by atoms with van der Waals surface area (Å²) in [5.74, 6) is -0.636. The zero-order chi connectivity index (χ0) is 23.3. The van der Waals surface area contributed by atoms with Crippen molar-refractivity contribution in [2.75, 3.05) is 5.32 Å². The minimum atomic E-state index is -0.584. The summed E-state index contributed by atoms with van der Waals surface area (Å²) >= 11 is 15.8. The van der Waals surface area contributed by atoms with Gasteiger partial charge in [0, 0.05) is 16.3 Å². The first-order valence-electron chi connectivity index (χ1n) is 9.33. The van der Waals surface area contributed by atoms with Crippen LogP contribution in [0.5, 0.6) is 5.75 Å². The van der Waals surface area contributed by atoms with Crippen molar-refractivity contribution in [3.05, 3.63) is 97.2 Å². The van der Waals surface area contributed by atoms with Gasteiger partial charge in [0.25, 0.3) is 5.91 Å². The Morgan fingerprint density at radius 2 is 1.94 bits per heavy atom. The summed E-state index contributed by atoms with van der Waals surface area (Å²) in [5, 5.41) is 12.8. The van der Waals surface area contributed by atoms with Crippen molar-refractivity contribution in [1.29, 1.82) is 5.26 Å². The van der Waals surface area contributed by atoms with Gasteiger partial charge >= 0.3 is 0 Å². The molecule has 0 atom stereocenters. The van der Waals surface area contributed by atoms with Gasteiger partial charge in [-0.1, -0.05) is 47.5 Å². The highest BCUT2D eigenvalue weighted by atomic mass is 79.9. The quantitative estimate of drug-likeness (QED) is 0.266. The Bertz CT molecular complexity index is 1230. The number of hydrogen-bond acceptors (Lipinski definition) is 3. The third-order valence-electron chi connectivity index (χ3n) is 4.46. The number of benzene rings is 3. The van der Waals surface area contributed by atoms with Crippen molar-refractivity contribution in [3.63, 3.8) is 0 Å². The van der Waals surface area contributed by atoms with E-state index < -0.39 is 5.91 Å². The van der Waals surface area contributed by atoms with E-state index >= 15 is 0 Å². The Balaban J connectivity index is 1.78. The summed E-state index contributed by atoms with van der Waals surface area (Å²) in [6.07, 6.45) is 1.41. The first-order valence-corrected chi connectivity index (χ1v) is 10.9. The van der Waals surface area contributed by atoms with Crippen LogP contribution in [-0.2, 0) is 11.4 Å². The monoisotopic (exact) mass is 532 g/mol. The Labute approximate surface area is 203 Å².